The molecule has 1 aromatic heterocycles. The standard InChI is InChI=1S/C47H31N3O/c1-3-11-30(12-4-1)34-21-22-36-27-38(24-23-35(36)26-34)46-48-45(32-14-5-2-6-15-32)49-47(50-46)41-28-39(37-20-19-31-13-7-8-16-33(31)25-37)29-43-44(41)40-17-9-10-18-42(40)51-43/h1-29,43-44H. The maximum atomic E-state index is 6.63. The smallest absolute Gasteiger partial charge is 0.164 e. The van der Waals surface area contributed by atoms with Crippen molar-refractivity contribution in [2.24, 2.45) is 0 Å². The Labute approximate surface area is 296 Å². The SMILES string of the molecule is C1=C(c2ccc3ccccc3c2)C=C(c2nc(-c3ccccc3)nc(-c3ccc4cc(-c5ccccc5)ccc4c3)n2)C2c3ccccc3OC12. The van der Waals surface area contributed by atoms with Gasteiger partial charge < -0.3 is 4.74 Å². The molecule has 1 aliphatic carbocycles. The number of hydrogen-bond acceptors (Lipinski definition) is 4. The zero-order valence-corrected chi connectivity index (χ0v) is 27.6. The van der Waals surface area contributed by atoms with Crippen LogP contribution < -0.4 is 4.74 Å². The van der Waals surface area contributed by atoms with E-state index in [4.69, 9.17) is 19.7 Å². The molecule has 0 amide bonds. The predicted octanol–water partition coefficient (Wildman–Crippen LogP) is 11.2. The summed E-state index contributed by atoms with van der Waals surface area (Å²) in [5, 5.41) is 4.71. The first-order valence-corrected chi connectivity index (χ1v) is 17.3. The molecule has 0 radical (unpaired) electrons. The van der Waals surface area contributed by atoms with E-state index in [-0.39, 0.29) is 12.0 Å². The van der Waals surface area contributed by atoms with E-state index in [0.717, 1.165) is 44.5 Å². The Hall–Kier alpha value is -6.65. The minimum absolute atomic E-state index is 0.0581. The summed E-state index contributed by atoms with van der Waals surface area (Å²) < 4.78 is 6.63. The summed E-state index contributed by atoms with van der Waals surface area (Å²) in [6, 6.07) is 57.2. The zero-order chi connectivity index (χ0) is 33.7. The zero-order valence-electron chi connectivity index (χ0n) is 27.6. The first kappa shape index (κ1) is 29.3. The third kappa shape index (κ3) is 5.29. The average molecular weight is 654 g/mol. The molecule has 2 heterocycles. The molecule has 0 spiro atoms. The van der Waals surface area contributed by atoms with Gasteiger partial charge in [-0.3, -0.25) is 0 Å². The molecule has 2 atom stereocenters. The highest BCUT2D eigenvalue weighted by Crippen LogP contribution is 2.49. The number of rotatable bonds is 5. The number of hydrogen-bond donors (Lipinski definition) is 0. The first-order chi connectivity index (χ1) is 25.2. The Bertz CT molecular complexity index is 2680. The quantitative estimate of drug-likeness (QED) is 0.185. The van der Waals surface area contributed by atoms with Crippen molar-refractivity contribution < 1.29 is 4.74 Å². The number of fused-ring (bicyclic) bond motifs is 5. The summed E-state index contributed by atoms with van der Waals surface area (Å²) in [7, 11) is 0. The average Bonchev–Trinajstić information content (AvgIpc) is 3.59. The summed E-state index contributed by atoms with van der Waals surface area (Å²) in [4.78, 5) is 15.5. The third-order valence-corrected chi connectivity index (χ3v) is 10.0. The Morgan fingerprint density at radius 2 is 0.961 bits per heavy atom. The van der Waals surface area contributed by atoms with E-state index in [1.165, 1.54) is 27.3 Å². The van der Waals surface area contributed by atoms with Gasteiger partial charge in [0.1, 0.15) is 11.9 Å². The molecule has 7 aromatic carbocycles. The molecule has 0 saturated heterocycles. The van der Waals surface area contributed by atoms with Crippen LogP contribution in [0.4, 0.5) is 0 Å². The van der Waals surface area contributed by atoms with Gasteiger partial charge in [0.15, 0.2) is 17.5 Å². The van der Waals surface area contributed by atoms with E-state index >= 15 is 0 Å². The molecule has 1 aliphatic heterocycles. The molecule has 0 N–H and O–H groups in total. The topological polar surface area (TPSA) is 47.9 Å². The molecular weight excluding hydrogens is 623 g/mol. The van der Waals surface area contributed by atoms with E-state index in [1.54, 1.807) is 0 Å². The molecule has 2 unspecified atom stereocenters. The van der Waals surface area contributed by atoms with Gasteiger partial charge in [0.25, 0.3) is 0 Å². The van der Waals surface area contributed by atoms with Gasteiger partial charge in [-0.2, -0.15) is 0 Å². The van der Waals surface area contributed by atoms with Crippen LogP contribution >= 0.6 is 0 Å². The highest BCUT2D eigenvalue weighted by molar-refractivity contribution is 5.94. The monoisotopic (exact) mass is 653 g/mol. The summed E-state index contributed by atoms with van der Waals surface area (Å²) in [5.41, 5.74) is 8.66. The van der Waals surface area contributed by atoms with Crippen LogP contribution in [0.25, 0.3) is 66.6 Å². The van der Waals surface area contributed by atoms with Gasteiger partial charge >= 0.3 is 0 Å². The predicted molar refractivity (Wildman–Crippen MR) is 207 cm³/mol. The van der Waals surface area contributed by atoms with E-state index < -0.39 is 0 Å². The normalized spacial score (nSPS) is 16.2. The molecule has 4 nitrogen and oxygen atoms in total. The second-order valence-corrected chi connectivity index (χ2v) is 13.2. The van der Waals surface area contributed by atoms with Gasteiger partial charge in [-0.25, -0.2) is 15.0 Å². The number of ether oxygens (including phenoxy) is 1. The molecule has 0 fully saturated rings. The van der Waals surface area contributed by atoms with Gasteiger partial charge in [-0.15, -0.1) is 0 Å². The Morgan fingerprint density at radius 3 is 1.76 bits per heavy atom. The lowest BCUT2D eigenvalue weighted by molar-refractivity contribution is 0.272. The fraction of sp³-hybridized carbons (Fsp3) is 0.0426. The van der Waals surface area contributed by atoms with Gasteiger partial charge in [0.05, 0.1) is 5.92 Å². The maximum Gasteiger partial charge on any atom is 0.164 e. The lowest BCUT2D eigenvalue weighted by Crippen LogP contribution is -2.22. The van der Waals surface area contributed by atoms with E-state index in [2.05, 4.69) is 146 Å². The van der Waals surface area contributed by atoms with Crippen molar-refractivity contribution in [2.45, 2.75) is 12.0 Å². The van der Waals surface area contributed by atoms with Crippen LogP contribution in [0, 0.1) is 0 Å². The van der Waals surface area contributed by atoms with Crippen LogP contribution in [-0.2, 0) is 0 Å². The van der Waals surface area contributed by atoms with Gasteiger partial charge in [-0.05, 0) is 80.2 Å². The number of nitrogens with zero attached hydrogens (tertiary/aromatic N) is 3. The van der Waals surface area contributed by atoms with Crippen LogP contribution in [0.1, 0.15) is 22.9 Å². The molecule has 8 aromatic rings. The summed E-state index contributed by atoms with van der Waals surface area (Å²) in [5.74, 6) is 2.77. The molecule has 0 bridgehead atoms. The lowest BCUT2D eigenvalue weighted by Gasteiger charge is -2.25. The molecule has 2 aliphatic rings. The van der Waals surface area contributed by atoms with E-state index in [9.17, 15) is 0 Å². The summed E-state index contributed by atoms with van der Waals surface area (Å²) in [6.07, 6.45) is 4.32. The van der Waals surface area contributed by atoms with Crippen molar-refractivity contribution in [3.05, 3.63) is 193 Å². The Morgan fingerprint density at radius 1 is 0.412 bits per heavy atom. The van der Waals surface area contributed by atoms with Crippen molar-refractivity contribution in [1.82, 2.24) is 15.0 Å². The Kier molecular flexibility index (Phi) is 6.91. The number of benzene rings is 7. The van der Waals surface area contributed by atoms with Crippen molar-refractivity contribution in [3.8, 4) is 39.7 Å². The van der Waals surface area contributed by atoms with Crippen molar-refractivity contribution in [1.29, 1.82) is 0 Å². The largest absolute Gasteiger partial charge is 0.485 e. The minimum Gasteiger partial charge on any atom is -0.485 e. The number of allylic oxidation sites excluding steroid dienone is 2. The maximum absolute atomic E-state index is 6.63. The second-order valence-electron chi connectivity index (χ2n) is 13.2. The van der Waals surface area contributed by atoms with Gasteiger partial charge in [-0.1, -0.05) is 140 Å². The van der Waals surface area contributed by atoms with Crippen LogP contribution in [0.15, 0.2) is 176 Å². The van der Waals surface area contributed by atoms with E-state index in [0.29, 0.717) is 17.5 Å². The van der Waals surface area contributed by atoms with Crippen LogP contribution in [-0.4, -0.2) is 21.1 Å². The summed E-state index contributed by atoms with van der Waals surface area (Å²) >= 11 is 0. The molecule has 240 valence electrons. The highest BCUT2D eigenvalue weighted by Gasteiger charge is 2.40. The van der Waals surface area contributed by atoms with E-state index in [1.807, 2.05) is 30.3 Å². The van der Waals surface area contributed by atoms with Gasteiger partial charge in [0.2, 0.25) is 0 Å². The second kappa shape index (κ2) is 12.0. The molecule has 0 saturated carbocycles. The van der Waals surface area contributed by atoms with Crippen molar-refractivity contribution in [2.75, 3.05) is 0 Å². The third-order valence-electron chi connectivity index (χ3n) is 10.0. The molecule has 4 heteroatoms. The van der Waals surface area contributed by atoms with Crippen LogP contribution in [0.3, 0.4) is 0 Å². The number of para-hydroxylation sites is 1. The minimum atomic E-state index is -0.191. The fourth-order valence-corrected chi connectivity index (χ4v) is 7.49. The molecular formula is C47H31N3O. The lowest BCUT2D eigenvalue weighted by atomic mass is 9.80. The molecule has 10 rings (SSSR count). The highest BCUT2D eigenvalue weighted by atomic mass is 16.5. The number of aromatic nitrogens is 3. The Balaban J connectivity index is 1.14. The van der Waals surface area contributed by atoms with Crippen LogP contribution in [0.5, 0.6) is 5.75 Å². The molecule has 51 heavy (non-hydrogen) atoms. The van der Waals surface area contributed by atoms with Crippen molar-refractivity contribution >= 4 is 32.7 Å². The van der Waals surface area contributed by atoms with Crippen molar-refractivity contribution in [3.63, 3.8) is 0 Å². The van der Waals surface area contributed by atoms with Gasteiger partial charge in [0, 0.05) is 22.3 Å². The summed E-state index contributed by atoms with van der Waals surface area (Å²) in [6.45, 7) is 0. The van der Waals surface area contributed by atoms with Crippen LogP contribution in [0.2, 0.25) is 0 Å². The fourth-order valence-electron chi connectivity index (χ4n) is 7.49. The first-order valence-electron chi connectivity index (χ1n) is 17.3.